The van der Waals surface area contributed by atoms with Crippen molar-refractivity contribution < 1.29 is 0 Å². The van der Waals surface area contributed by atoms with E-state index >= 15 is 0 Å². The van der Waals surface area contributed by atoms with Gasteiger partial charge in [0, 0.05) is 18.5 Å². The summed E-state index contributed by atoms with van der Waals surface area (Å²) in [6.07, 6.45) is 3.26. The van der Waals surface area contributed by atoms with Crippen molar-refractivity contribution in [1.29, 1.82) is 0 Å². The van der Waals surface area contributed by atoms with E-state index in [1.165, 1.54) is 12.8 Å². The third-order valence-electron chi connectivity index (χ3n) is 3.15. The summed E-state index contributed by atoms with van der Waals surface area (Å²) in [7, 11) is 0. The molecule has 4 heteroatoms. The zero-order valence-electron chi connectivity index (χ0n) is 9.86. The van der Waals surface area contributed by atoms with Gasteiger partial charge in [0.2, 0.25) is 0 Å². The Morgan fingerprint density at radius 1 is 1.53 bits per heavy atom. The summed E-state index contributed by atoms with van der Waals surface area (Å²) >= 11 is 6.29. The fraction of sp³-hybridized carbons (Fsp3) is 0.462. The number of hydrogen-bond donors (Lipinski definition) is 1. The van der Waals surface area contributed by atoms with E-state index in [9.17, 15) is 0 Å². The molecule has 0 aliphatic heterocycles. The molecule has 1 aliphatic carbocycles. The van der Waals surface area contributed by atoms with Gasteiger partial charge in [-0.2, -0.15) is 0 Å². The quantitative estimate of drug-likeness (QED) is 0.909. The second-order valence-electron chi connectivity index (χ2n) is 4.92. The van der Waals surface area contributed by atoms with Gasteiger partial charge < -0.3 is 10.3 Å². The van der Waals surface area contributed by atoms with Crippen LogP contribution in [0.25, 0.3) is 11.0 Å². The van der Waals surface area contributed by atoms with Crippen molar-refractivity contribution in [1.82, 2.24) is 9.55 Å². The standard InChI is InChI=1S/C13H16ClN3/c1-8(15)7-12-16-11-4-2-3-10(14)13(11)17(12)9-5-6-9/h2-4,8-9H,5-7,15H2,1H3. The minimum absolute atomic E-state index is 0.128. The predicted octanol–water partition coefficient (Wildman–Crippen LogP) is 2.91. The Kier molecular flexibility index (Phi) is 2.60. The van der Waals surface area contributed by atoms with Gasteiger partial charge in [0.25, 0.3) is 0 Å². The lowest BCUT2D eigenvalue weighted by molar-refractivity contribution is 0.639. The molecule has 1 aromatic carbocycles. The zero-order valence-corrected chi connectivity index (χ0v) is 10.6. The Hall–Kier alpha value is -1.06. The highest BCUT2D eigenvalue weighted by Gasteiger charge is 2.29. The third kappa shape index (κ3) is 1.94. The zero-order chi connectivity index (χ0) is 12.0. The number of aromatic nitrogens is 2. The molecule has 1 unspecified atom stereocenters. The van der Waals surface area contributed by atoms with Crippen LogP contribution in [0.5, 0.6) is 0 Å². The van der Waals surface area contributed by atoms with Crippen LogP contribution in [0.2, 0.25) is 5.02 Å². The minimum Gasteiger partial charge on any atom is -0.328 e. The van der Waals surface area contributed by atoms with E-state index < -0.39 is 0 Å². The van der Waals surface area contributed by atoms with Gasteiger partial charge in [0.15, 0.2) is 0 Å². The Morgan fingerprint density at radius 2 is 2.29 bits per heavy atom. The highest BCUT2D eigenvalue weighted by atomic mass is 35.5. The molecule has 1 atom stereocenters. The van der Waals surface area contributed by atoms with Crippen LogP contribution in [0.1, 0.15) is 31.6 Å². The lowest BCUT2D eigenvalue weighted by Gasteiger charge is -2.09. The molecule has 0 radical (unpaired) electrons. The van der Waals surface area contributed by atoms with Crippen LogP contribution >= 0.6 is 11.6 Å². The van der Waals surface area contributed by atoms with Gasteiger partial charge in [0.1, 0.15) is 5.82 Å². The van der Waals surface area contributed by atoms with Crippen LogP contribution in [0.15, 0.2) is 18.2 Å². The van der Waals surface area contributed by atoms with E-state index in [1.54, 1.807) is 0 Å². The molecule has 1 fully saturated rings. The molecule has 17 heavy (non-hydrogen) atoms. The molecule has 0 bridgehead atoms. The van der Waals surface area contributed by atoms with E-state index in [2.05, 4.69) is 9.55 Å². The highest BCUT2D eigenvalue weighted by molar-refractivity contribution is 6.35. The Bertz CT molecular complexity index is 555. The van der Waals surface area contributed by atoms with Gasteiger partial charge in [-0.3, -0.25) is 0 Å². The van der Waals surface area contributed by atoms with Gasteiger partial charge in [-0.15, -0.1) is 0 Å². The average Bonchev–Trinajstić information content (AvgIpc) is 3.01. The molecule has 3 nitrogen and oxygen atoms in total. The van der Waals surface area contributed by atoms with Crippen LogP contribution in [0.3, 0.4) is 0 Å². The molecule has 1 aromatic heterocycles. The normalized spacial score (nSPS) is 17.6. The summed E-state index contributed by atoms with van der Waals surface area (Å²) < 4.78 is 2.29. The van der Waals surface area contributed by atoms with Crippen LogP contribution in [0.4, 0.5) is 0 Å². The minimum atomic E-state index is 0.128. The summed E-state index contributed by atoms with van der Waals surface area (Å²) in [4.78, 5) is 4.67. The first-order chi connectivity index (χ1) is 8.16. The van der Waals surface area contributed by atoms with Crippen molar-refractivity contribution >= 4 is 22.6 Å². The number of para-hydroxylation sites is 1. The van der Waals surface area contributed by atoms with Crippen LogP contribution in [-0.2, 0) is 6.42 Å². The van der Waals surface area contributed by atoms with E-state index in [4.69, 9.17) is 17.3 Å². The fourth-order valence-corrected chi connectivity index (χ4v) is 2.57. The highest BCUT2D eigenvalue weighted by Crippen LogP contribution is 2.40. The molecule has 0 spiro atoms. The maximum Gasteiger partial charge on any atom is 0.111 e. The molecule has 1 heterocycles. The molecule has 1 saturated carbocycles. The molecule has 0 amide bonds. The second kappa shape index (κ2) is 4.00. The number of benzene rings is 1. The third-order valence-corrected chi connectivity index (χ3v) is 3.46. The molecular formula is C13H16ClN3. The molecule has 2 aromatic rings. The number of hydrogen-bond acceptors (Lipinski definition) is 2. The molecular weight excluding hydrogens is 234 g/mol. The summed E-state index contributed by atoms with van der Waals surface area (Å²) in [5.41, 5.74) is 7.95. The maximum atomic E-state index is 6.29. The van der Waals surface area contributed by atoms with E-state index in [-0.39, 0.29) is 6.04 Å². The summed E-state index contributed by atoms with van der Waals surface area (Å²) in [5, 5.41) is 0.790. The fourth-order valence-electron chi connectivity index (χ4n) is 2.31. The van der Waals surface area contributed by atoms with Crippen molar-refractivity contribution in [2.75, 3.05) is 0 Å². The molecule has 0 saturated heterocycles. The number of nitrogens with zero attached hydrogens (tertiary/aromatic N) is 2. The van der Waals surface area contributed by atoms with Crippen molar-refractivity contribution in [3.05, 3.63) is 29.0 Å². The molecule has 1 aliphatic rings. The molecule has 2 N–H and O–H groups in total. The lowest BCUT2D eigenvalue weighted by atomic mass is 10.2. The Balaban J connectivity index is 2.20. The van der Waals surface area contributed by atoms with Crippen molar-refractivity contribution in [2.24, 2.45) is 5.73 Å². The summed E-state index contributed by atoms with van der Waals surface area (Å²) in [6.45, 7) is 2.01. The number of fused-ring (bicyclic) bond motifs is 1. The van der Waals surface area contributed by atoms with E-state index in [1.807, 2.05) is 25.1 Å². The Labute approximate surface area is 106 Å². The first-order valence-corrected chi connectivity index (χ1v) is 6.45. The maximum absolute atomic E-state index is 6.29. The summed E-state index contributed by atoms with van der Waals surface area (Å²) in [5.74, 6) is 1.07. The second-order valence-corrected chi connectivity index (χ2v) is 5.33. The van der Waals surface area contributed by atoms with E-state index in [0.717, 1.165) is 28.3 Å². The first-order valence-electron chi connectivity index (χ1n) is 6.07. The van der Waals surface area contributed by atoms with Gasteiger partial charge in [-0.25, -0.2) is 4.98 Å². The number of rotatable bonds is 3. The first kappa shape index (κ1) is 11.1. The number of nitrogens with two attached hydrogens (primary N) is 1. The van der Waals surface area contributed by atoms with Crippen molar-refractivity contribution in [3.63, 3.8) is 0 Å². The topological polar surface area (TPSA) is 43.8 Å². The predicted molar refractivity (Wildman–Crippen MR) is 70.4 cm³/mol. The van der Waals surface area contributed by atoms with Crippen molar-refractivity contribution in [3.8, 4) is 0 Å². The van der Waals surface area contributed by atoms with Gasteiger partial charge >= 0.3 is 0 Å². The van der Waals surface area contributed by atoms with Gasteiger partial charge in [0.05, 0.1) is 16.1 Å². The van der Waals surface area contributed by atoms with Crippen molar-refractivity contribution in [2.45, 2.75) is 38.3 Å². The number of halogens is 1. The lowest BCUT2D eigenvalue weighted by Crippen LogP contribution is -2.20. The smallest absolute Gasteiger partial charge is 0.111 e. The average molecular weight is 250 g/mol. The largest absolute Gasteiger partial charge is 0.328 e. The van der Waals surface area contributed by atoms with E-state index in [0.29, 0.717) is 6.04 Å². The number of imidazole rings is 1. The SMILES string of the molecule is CC(N)Cc1nc2cccc(Cl)c2n1C1CC1. The van der Waals surface area contributed by atoms with Crippen LogP contribution in [0, 0.1) is 0 Å². The Morgan fingerprint density at radius 3 is 2.94 bits per heavy atom. The van der Waals surface area contributed by atoms with Gasteiger partial charge in [-0.05, 0) is 31.9 Å². The molecule has 3 rings (SSSR count). The van der Waals surface area contributed by atoms with Gasteiger partial charge in [-0.1, -0.05) is 17.7 Å². The van der Waals surface area contributed by atoms with Crippen LogP contribution < -0.4 is 5.73 Å². The summed E-state index contributed by atoms with van der Waals surface area (Å²) in [6, 6.07) is 6.60. The van der Waals surface area contributed by atoms with Crippen LogP contribution in [-0.4, -0.2) is 15.6 Å². The molecule has 90 valence electrons. The monoisotopic (exact) mass is 249 g/mol.